The zero-order valence-corrected chi connectivity index (χ0v) is 20.1. The molecule has 1 aromatic carbocycles. The number of alkyl halides is 3. The van der Waals surface area contributed by atoms with Crippen LogP contribution in [0.4, 0.5) is 13.2 Å². The van der Waals surface area contributed by atoms with Gasteiger partial charge in [0.2, 0.25) is 5.91 Å². The molecule has 1 aliphatic carbocycles. The molecule has 2 amide bonds. The molecule has 186 valence electrons. The number of amides is 2. The molecule has 0 bridgehead atoms. The number of hydrogen-bond acceptors (Lipinski definition) is 5. The molecule has 1 saturated carbocycles. The largest absolute Gasteiger partial charge is 0.416 e. The van der Waals surface area contributed by atoms with Gasteiger partial charge in [-0.05, 0) is 64.3 Å². The molecule has 2 N–H and O–H groups in total. The molecule has 2 rings (SSSR count). The molecule has 0 unspecified atom stereocenters. The van der Waals surface area contributed by atoms with Gasteiger partial charge >= 0.3 is 6.18 Å². The first-order valence-electron chi connectivity index (χ1n) is 10.8. The summed E-state index contributed by atoms with van der Waals surface area (Å²) in [5.74, 6) is -1.65. The number of nitrogens with zero attached hydrogens (tertiary/aromatic N) is 1. The summed E-state index contributed by atoms with van der Waals surface area (Å²) in [6, 6.07) is 4.07. The van der Waals surface area contributed by atoms with Gasteiger partial charge in [-0.2, -0.15) is 13.2 Å². The first-order chi connectivity index (χ1) is 15.2. The Bertz CT molecular complexity index is 950. The molecule has 0 radical (unpaired) electrons. The smallest absolute Gasteiger partial charge is 0.352 e. The van der Waals surface area contributed by atoms with Crippen LogP contribution in [0.5, 0.6) is 0 Å². The molecule has 0 spiro atoms. The minimum atomic E-state index is -4.58. The average molecular weight is 492 g/mol. The van der Waals surface area contributed by atoms with Gasteiger partial charge in [0, 0.05) is 29.9 Å². The maximum atomic E-state index is 12.8. The van der Waals surface area contributed by atoms with E-state index in [1.54, 1.807) is 0 Å². The summed E-state index contributed by atoms with van der Waals surface area (Å²) in [6.45, 7) is 3.70. The topological polar surface area (TPSA) is 95.6 Å². The molecule has 0 heterocycles. The van der Waals surface area contributed by atoms with E-state index in [1.807, 2.05) is 7.05 Å². The molecule has 1 fully saturated rings. The summed E-state index contributed by atoms with van der Waals surface area (Å²) < 4.78 is 62.4. The van der Waals surface area contributed by atoms with E-state index >= 15 is 0 Å². The summed E-state index contributed by atoms with van der Waals surface area (Å²) in [5.41, 5.74) is -1.16. The van der Waals surface area contributed by atoms with Crippen LogP contribution in [0.2, 0.25) is 0 Å². The van der Waals surface area contributed by atoms with Crippen LogP contribution in [0.1, 0.15) is 49.0 Å². The fourth-order valence-corrected chi connectivity index (χ4v) is 5.30. The minimum absolute atomic E-state index is 0.0586. The van der Waals surface area contributed by atoms with Crippen LogP contribution >= 0.6 is 0 Å². The average Bonchev–Trinajstić information content (AvgIpc) is 2.71. The van der Waals surface area contributed by atoms with Crippen molar-refractivity contribution >= 4 is 21.7 Å². The highest BCUT2D eigenvalue weighted by Crippen LogP contribution is 2.30. The Morgan fingerprint density at radius 2 is 1.88 bits per heavy atom. The van der Waals surface area contributed by atoms with Gasteiger partial charge in [-0.15, -0.1) is 0 Å². The van der Waals surface area contributed by atoms with Gasteiger partial charge in [0.15, 0.2) is 0 Å². The molecular formula is C22H32F3N3O4S. The number of sulfone groups is 1. The normalized spacial score (nSPS) is 21.8. The van der Waals surface area contributed by atoms with Crippen molar-refractivity contribution in [1.29, 1.82) is 0 Å². The lowest BCUT2D eigenvalue weighted by Crippen LogP contribution is -2.52. The van der Waals surface area contributed by atoms with E-state index in [0.29, 0.717) is 18.9 Å². The van der Waals surface area contributed by atoms with Gasteiger partial charge in [0.25, 0.3) is 5.91 Å². The monoisotopic (exact) mass is 491 g/mol. The van der Waals surface area contributed by atoms with Crippen LogP contribution in [0.3, 0.4) is 0 Å². The van der Waals surface area contributed by atoms with Crippen LogP contribution in [0, 0.1) is 5.92 Å². The molecule has 1 aliphatic rings. The quantitative estimate of drug-likeness (QED) is 0.583. The van der Waals surface area contributed by atoms with Crippen LogP contribution in [-0.2, 0) is 20.8 Å². The Morgan fingerprint density at radius 1 is 1.21 bits per heavy atom. The highest BCUT2D eigenvalue weighted by molar-refractivity contribution is 7.90. The molecular weight excluding hydrogens is 459 g/mol. The fraction of sp³-hybridized carbons (Fsp3) is 0.636. The Labute approximate surface area is 193 Å². The fourth-order valence-electron chi connectivity index (χ4n) is 4.15. The zero-order chi connectivity index (χ0) is 25.0. The maximum Gasteiger partial charge on any atom is 0.416 e. The van der Waals surface area contributed by atoms with Gasteiger partial charge in [0.1, 0.15) is 9.84 Å². The van der Waals surface area contributed by atoms with Crippen molar-refractivity contribution in [2.45, 2.75) is 57.4 Å². The zero-order valence-electron chi connectivity index (χ0n) is 19.3. The van der Waals surface area contributed by atoms with Gasteiger partial charge < -0.3 is 15.5 Å². The number of halogens is 3. The van der Waals surface area contributed by atoms with Gasteiger partial charge in [-0.3, -0.25) is 9.59 Å². The number of nitrogens with one attached hydrogen (secondary N) is 2. The second-order valence-electron chi connectivity index (χ2n) is 9.01. The highest BCUT2D eigenvalue weighted by Gasteiger charge is 2.35. The van der Waals surface area contributed by atoms with Crippen molar-refractivity contribution in [1.82, 2.24) is 15.5 Å². The molecule has 3 atom stereocenters. The molecule has 11 heteroatoms. The molecule has 0 aliphatic heterocycles. The first-order valence-corrected chi connectivity index (χ1v) is 12.9. The van der Waals surface area contributed by atoms with E-state index in [9.17, 15) is 31.2 Å². The van der Waals surface area contributed by atoms with E-state index in [1.165, 1.54) is 6.07 Å². The predicted molar refractivity (Wildman–Crippen MR) is 119 cm³/mol. The Hall–Kier alpha value is -2.14. The number of hydrogen-bond donors (Lipinski definition) is 2. The lowest BCUT2D eigenvalue weighted by molar-refractivity contribution is -0.137. The Morgan fingerprint density at radius 3 is 2.45 bits per heavy atom. The van der Waals surface area contributed by atoms with Crippen molar-refractivity contribution < 1.29 is 31.2 Å². The van der Waals surface area contributed by atoms with Gasteiger partial charge in [0.05, 0.1) is 17.9 Å². The minimum Gasteiger partial charge on any atom is -0.352 e. The highest BCUT2D eigenvalue weighted by atomic mass is 32.2. The SMILES string of the molecule is CC(C)N(C)[C@@H]1CC[C@H](NC(=O)CNC(=O)c2cccc(C(F)(F)F)c2)[C@@H](CS(C)(=O)=O)C1. The molecule has 33 heavy (non-hydrogen) atoms. The van der Waals surface area contributed by atoms with E-state index in [0.717, 1.165) is 30.9 Å². The van der Waals surface area contributed by atoms with Crippen molar-refractivity contribution in [3.63, 3.8) is 0 Å². The van der Waals surface area contributed by atoms with Crippen molar-refractivity contribution in [2.75, 3.05) is 25.6 Å². The van der Waals surface area contributed by atoms with E-state index in [4.69, 9.17) is 0 Å². The Balaban J connectivity index is 1.99. The van der Waals surface area contributed by atoms with Crippen molar-refractivity contribution in [2.24, 2.45) is 5.92 Å². The predicted octanol–water partition coefficient (Wildman–Crippen LogP) is 2.47. The summed E-state index contributed by atoms with van der Waals surface area (Å²) in [7, 11) is -1.28. The molecule has 0 saturated heterocycles. The third-order valence-corrected chi connectivity index (χ3v) is 7.10. The summed E-state index contributed by atoms with van der Waals surface area (Å²) in [4.78, 5) is 26.9. The number of benzene rings is 1. The van der Waals surface area contributed by atoms with E-state index in [2.05, 4.69) is 29.4 Å². The second-order valence-corrected chi connectivity index (χ2v) is 11.2. The van der Waals surface area contributed by atoms with Gasteiger partial charge in [-0.25, -0.2) is 8.42 Å². The number of carbonyl (C=O) groups is 2. The van der Waals surface area contributed by atoms with E-state index in [-0.39, 0.29) is 29.3 Å². The van der Waals surface area contributed by atoms with Crippen LogP contribution in [-0.4, -0.2) is 68.9 Å². The van der Waals surface area contributed by atoms with Crippen molar-refractivity contribution in [3.05, 3.63) is 35.4 Å². The van der Waals surface area contributed by atoms with Crippen LogP contribution in [0.15, 0.2) is 24.3 Å². The number of carbonyl (C=O) groups excluding carboxylic acids is 2. The summed E-state index contributed by atoms with van der Waals surface area (Å²) in [5, 5.41) is 5.13. The van der Waals surface area contributed by atoms with Crippen LogP contribution < -0.4 is 10.6 Å². The third kappa shape index (κ3) is 8.29. The Kier molecular flexibility index (Phi) is 8.92. The lowest BCUT2D eigenvalue weighted by Gasteiger charge is -2.41. The molecule has 1 aromatic rings. The lowest BCUT2D eigenvalue weighted by atomic mass is 9.81. The summed E-state index contributed by atoms with van der Waals surface area (Å²) in [6.07, 6.45) is -1.42. The third-order valence-electron chi connectivity index (χ3n) is 6.07. The second kappa shape index (κ2) is 10.9. The van der Waals surface area contributed by atoms with Crippen molar-refractivity contribution in [3.8, 4) is 0 Å². The van der Waals surface area contributed by atoms with Gasteiger partial charge in [-0.1, -0.05) is 6.07 Å². The summed E-state index contributed by atoms with van der Waals surface area (Å²) >= 11 is 0. The number of rotatable bonds is 8. The molecule has 0 aromatic heterocycles. The first kappa shape index (κ1) is 27.1. The standard InChI is InChI=1S/C22H32F3N3O4S/c1-14(2)28(3)18-8-9-19(16(11-18)13-33(4,31)32)27-20(29)12-26-21(30)15-6-5-7-17(10-15)22(23,24)25/h5-7,10,14,16,18-19H,8-9,11-13H2,1-4H3,(H,26,30)(H,27,29)/t16-,18-,19+/m1/s1. The van der Waals surface area contributed by atoms with Crippen LogP contribution in [0.25, 0.3) is 0 Å². The van der Waals surface area contributed by atoms with E-state index < -0.39 is 39.9 Å². The molecule has 7 nitrogen and oxygen atoms in total. The maximum absolute atomic E-state index is 12.8.